The predicted octanol–water partition coefficient (Wildman–Crippen LogP) is 2.59. The first-order chi connectivity index (χ1) is 23.3. The minimum absolute atomic E-state index is 0.00665. The topological polar surface area (TPSA) is 152 Å². The van der Waals surface area contributed by atoms with Gasteiger partial charge >= 0.3 is 0 Å². The van der Waals surface area contributed by atoms with Gasteiger partial charge in [0, 0.05) is 94.2 Å². The predicted molar refractivity (Wildman–Crippen MR) is 180 cm³/mol. The number of nitrogens with one attached hydrogen (secondary N) is 2. The van der Waals surface area contributed by atoms with Crippen molar-refractivity contribution in [3.05, 3.63) is 88.7 Å². The van der Waals surface area contributed by atoms with E-state index < -0.39 is 11.9 Å². The van der Waals surface area contributed by atoms with Crippen LogP contribution in [0.4, 0.5) is 5.69 Å². The van der Waals surface area contributed by atoms with Gasteiger partial charge in [0.25, 0.3) is 5.91 Å². The van der Waals surface area contributed by atoms with Crippen LogP contribution in [0.3, 0.4) is 0 Å². The Hall–Kier alpha value is -4.94. The lowest BCUT2D eigenvalue weighted by atomic mass is 9.83. The Labute approximate surface area is 279 Å². The van der Waals surface area contributed by atoms with Crippen molar-refractivity contribution in [3.8, 4) is 0 Å². The monoisotopic (exact) mass is 652 g/mol. The fraction of sp³-hybridized carbons (Fsp3) is 0.389. The van der Waals surface area contributed by atoms with Gasteiger partial charge in [-0.25, -0.2) is 0 Å². The summed E-state index contributed by atoms with van der Waals surface area (Å²) in [5.41, 5.74) is 3.01. The van der Waals surface area contributed by atoms with Gasteiger partial charge in [0.05, 0.1) is 12.1 Å². The number of aliphatic hydroxyl groups excluding tert-OH is 1. The van der Waals surface area contributed by atoms with Crippen molar-refractivity contribution in [2.75, 3.05) is 51.1 Å². The maximum absolute atomic E-state index is 13.0. The van der Waals surface area contributed by atoms with Gasteiger partial charge < -0.3 is 15.3 Å². The number of imide groups is 1. The molecule has 3 aliphatic heterocycles. The van der Waals surface area contributed by atoms with E-state index in [-0.39, 0.29) is 54.6 Å². The smallest absolute Gasteiger partial charge is 0.255 e. The van der Waals surface area contributed by atoms with E-state index in [1.807, 2.05) is 36.4 Å². The quantitative estimate of drug-likeness (QED) is 0.201. The maximum atomic E-state index is 13.0. The summed E-state index contributed by atoms with van der Waals surface area (Å²) in [6.07, 6.45) is 6.11. The Kier molecular flexibility index (Phi) is 10.2. The molecule has 0 saturated carbocycles. The maximum Gasteiger partial charge on any atom is 0.255 e. The number of carbonyl (C=O) groups excluding carboxylic acids is 5. The summed E-state index contributed by atoms with van der Waals surface area (Å²) >= 11 is 0. The number of nitrogens with zero attached hydrogens (tertiary/aromatic N) is 4. The molecule has 48 heavy (non-hydrogen) atoms. The number of rotatable bonds is 10. The molecule has 4 aliphatic rings. The van der Waals surface area contributed by atoms with Crippen molar-refractivity contribution < 1.29 is 29.1 Å². The number of fused-ring (bicyclic) bond motifs is 1. The van der Waals surface area contributed by atoms with E-state index in [4.69, 9.17) is 0 Å². The van der Waals surface area contributed by atoms with Crippen molar-refractivity contribution in [2.24, 2.45) is 4.99 Å². The lowest BCUT2D eigenvalue weighted by Crippen LogP contribution is -2.52. The van der Waals surface area contributed by atoms with Gasteiger partial charge in [0.15, 0.2) is 5.78 Å². The zero-order valence-electron chi connectivity index (χ0n) is 26.8. The molecule has 3 N–H and O–H groups in total. The molecular formula is C36H40N6O6. The fourth-order valence-electron chi connectivity index (χ4n) is 6.75. The van der Waals surface area contributed by atoms with Crippen molar-refractivity contribution in [2.45, 2.75) is 44.2 Å². The Morgan fingerprint density at radius 2 is 1.75 bits per heavy atom. The van der Waals surface area contributed by atoms with Gasteiger partial charge in [0.2, 0.25) is 17.7 Å². The molecule has 250 valence electrons. The molecule has 0 aromatic heterocycles. The summed E-state index contributed by atoms with van der Waals surface area (Å²) in [6, 6.07) is 14.2. The number of carbonyl (C=O) groups is 5. The molecular weight excluding hydrogens is 612 g/mol. The number of hydrogen-bond acceptors (Lipinski definition) is 9. The average Bonchev–Trinajstić information content (AvgIpc) is 3.41. The number of piperidine rings is 1. The van der Waals surface area contributed by atoms with Crippen LogP contribution in [0.25, 0.3) is 0 Å². The van der Waals surface area contributed by atoms with Crippen molar-refractivity contribution in [1.29, 1.82) is 0 Å². The second kappa shape index (κ2) is 14.9. The van der Waals surface area contributed by atoms with Crippen LogP contribution in [-0.2, 0) is 25.7 Å². The number of hydrogen-bond donors (Lipinski definition) is 3. The van der Waals surface area contributed by atoms with E-state index in [2.05, 4.69) is 25.4 Å². The second-order valence-electron chi connectivity index (χ2n) is 12.6. The summed E-state index contributed by atoms with van der Waals surface area (Å²) in [5.74, 6) is -1.38. The number of aliphatic hydroxyl groups is 1. The molecule has 2 aromatic carbocycles. The molecule has 3 heterocycles. The highest BCUT2D eigenvalue weighted by molar-refractivity contribution is 6.14. The van der Waals surface area contributed by atoms with Gasteiger partial charge in [0.1, 0.15) is 11.8 Å². The number of piperazine rings is 1. The number of anilines is 1. The first-order valence-electron chi connectivity index (χ1n) is 16.5. The Morgan fingerprint density at radius 1 is 0.979 bits per heavy atom. The van der Waals surface area contributed by atoms with Crippen molar-refractivity contribution >= 4 is 41.3 Å². The van der Waals surface area contributed by atoms with Crippen LogP contribution in [-0.4, -0.2) is 107 Å². The van der Waals surface area contributed by atoms with Gasteiger partial charge in [-0.05, 0) is 30.0 Å². The van der Waals surface area contributed by atoms with Gasteiger partial charge in [-0.15, -0.1) is 0 Å². The van der Waals surface area contributed by atoms with E-state index in [1.165, 1.54) is 17.2 Å². The molecule has 2 atom stereocenters. The zero-order chi connectivity index (χ0) is 33.6. The molecule has 0 spiro atoms. The molecule has 1 aliphatic carbocycles. The molecule has 2 unspecified atom stereocenters. The van der Waals surface area contributed by atoms with Crippen LogP contribution in [0.5, 0.6) is 0 Å². The first kappa shape index (κ1) is 33.0. The number of ketones is 1. The average molecular weight is 653 g/mol. The largest absolute Gasteiger partial charge is 0.511 e. The first-order valence-corrected chi connectivity index (χ1v) is 16.5. The minimum Gasteiger partial charge on any atom is -0.511 e. The number of Topliss-reactive ketones (excluding diaryl/α,β-unsaturated/α-hetero) is 1. The van der Waals surface area contributed by atoms with E-state index in [0.717, 1.165) is 38.3 Å². The Balaban J connectivity index is 0.917. The molecule has 12 nitrogen and oxygen atoms in total. The van der Waals surface area contributed by atoms with Gasteiger partial charge in [-0.2, -0.15) is 0 Å². The standard InChI is InChI=1S/C36H40N6O6/c43-31-20-25(24-6-2-1-3-7-24)21-32(44)27(31)22-37-13-15-41-18-16-40(17-19-41)14-5-10-33(45)38-29-9-4-8-26-28(29)23-42(36(26)48)30-11-12-34(46)39-35(30)47/h1-10,22,25,30,43H,11-21,23H2,(H,38,45)(H,39,46,47)/b10-5-,37-22?. The van der Waals surface area contributed by atoms with E-state index in [0.29, 0.717) is 48.3 Å². The third-order valence-corrected chi connectivity index (χ3v) is 9.46. The number of benzene rings is 2. The highest BCUT2D eigenvalue weighted by atomic mass is 16.3. The molecule has 2 fully saturated rings. The molecule has 0 bridgehead atoms. The molecule has 4 amide bonds. The van der Waals surface area contributed by atoms with Crippen LogP contribution in [0.15, 0.2) is 77.0 Å². The van der Waals surface area contributed by atoms with Crippen LogP contribution in [0, 0.1) is 0 Å². The van der Waals surface area contributed by atoms with E-state index >= 15 is 0 Å². The van der Waals surface area contributed by atoms with Crippen LogP contribution < -0.4 is 10.6 Å². The normalized spacial score (nSPS) is 22.5. The molecule has 2 saturated heterocycles. The third-order valence-electron chi connectivity index (χ3n) is 9.46. The zero-order valence-corrected chi connectivity index (χ0v) is 26.8. The summed E-state index contributed by atoms with van der Waals surface area (Å²) < 4.78 is 0. The van der Waals surface area contributed by atoms with Crippen molar-refractivity contribution in [1.82, 2.24) is 20.0 Å². The minimum atomic E-state index is -0.715. The Bertz CT molecular complexity index is 1680. The summed E-state index contributed by atoms with van der Waals surface area (Å²) in [5, 5.41) is 15.7. The number of amides is 4. The fourth-order valence-corrected chi connectivity index (χ4v) is 6.75. The summed E-state index contributed by atoms with van der Waals surface area (Å²) in [4.78, 5) is 72.9. The highest BCUT2D eigenvalue weighted by Crippen LogP contribution is 2.34. The SMILES string of the molecule is O=C(/C=C\CN1CCN(CCN=CC2=C(O)CC(c3ccccc3)CC2=O)CC1)Nc1cccc2c1CN(C1CCC(=O)NC1=O)C2=O. The number of allylic oxidation sites excluding steroid dienone is 2. The number of aliphatic imine (C=N–C) groups is 1. The molecule has 2 aromatic rings. The Morgan fingerprint density at radius 3 is 2.50 bits per heavy atom. The van der Waals surface area contributed by atoms with E-state index in [9.17, 15) is 29.1 Å². The summed E-state index contributed by atoms with van der Waals surface area (Å²) in [6.45, 7) is 5.48. The lowest BCUT2D eigenvalue weighted by Gasteiger charge is -2.33. The van der Waals surface area contributed by atoms with Crippen LogP contribution >= 0.6 is 0 Å². The molecule has 6 rings (SSSR count). The summed E-state index contributed by atoms with van der Waals surface area (Å²) in [7, 11) is 0. The van der Waals surface area contributed by atoms with Crippen molar-refractivity contribution in [3.63, 3.8) is 0 Å². The second-order valence-corrected chi connectivity index (χ2v) is 12.6. The molecule has 12 heteroatoms. The van der Waals surface area contributed by atoms with E-state index in [1.54, 1.807) is 18.2 Å². The molecule has 0 radical (unpaired) electrons. The third kappa shape index (κ3) is 7.61. The lowest BCUT2D eigenvalue weighted by molar-refractivity contribution is -0.137. The highest BCUT2D eigenvalue weighted by Gasteiger charge is 2.40. The van der Waals surface area contributed by atoms with Crippen LogP contribution in [0.1, 0.15) is 53.1 Å². The van der Waals surface area contributed by atoms with Gasteiger partial charge in [-0.3, -0.25) is 44.1 Å². The van der Waals surface area contributed by atoms with Crippen LogP contribution in [0.2, 0.25) is 0 Å². The van der Waals surface area contributed by atoms with Gasteiger partial charge in [-0.1, -0.05) is 42.5 Å².